The minimum absolute atomic E-state index is 0.573. The Labute approximate surface area is 99.6 Å². The molecule has 0 aliphatic heterocycles. The van der Waals surface area contributed by atoms with Gasteiger partial charge in [0.05, 0.1) is 9.35 Å². The van der Waals surface area contributed by atoms with Crippen molar-refractivity contribution in [1.29, 1.82) is 0 Å². The van der Waals surface area contributed by atoms with Crippen molar-refractivity contribution >= 4 is 27.3 Å². The summed E-state index contributed by atoms with van der Waals surface area (Å²) in [6.07, 6.45) is 1.61. The van der Waals surface area contributed by atoms with Crippen LogP contribution in [0, 0.1) is 0 Å². The van der Waals surface area contributed by atoms with Crippen LogP contribution < -0.4 is 5.73 Å². The van der Waals surface area contributed by atoms with Crippen molar-refractivity contribution in [2.24, 2.45) is 5.73 Å². The van der Waals surface area contributed by atoms with Crippen LogP contribution in [0.5, 0.6) is 0 Å². The first-order chi connectivity index (χ1) is 7.29. The Hall–Kier alpha value is -0.720. The van der Waals surface area contributed by atoms with Crippen LogP contribution in [-0.4, -0.2) is 16.7 Å². The second-order valence-corrected chi connectivity index (χ2v) is 5.32. The highest BCUT2D eigenvalue weighted by atomic mass is 79.9. The summed E-state index contributed by atoms with van der Waals surface area (Å²) in [6, 6.07) is 1.96. The third-order valence-electron chi connectivity index (χ3n) is 1.88. The summed E-state index contributed by atoms with van der Waals surface area (Å²) < 4.78 is 6.55. The van der Waals surface area contributed by atoms with Gasteiger partial charge in [0.1, 0.15) is 0 Å². The number of halogens is 1. The van der Waals surface area contributed by atoms with E-state index in [1.54, 1.807) is 11.3 Å². The van der Waals surface area contributed by atoms with E-state index in [0.29, 0.717) is 18.3 Å². The van der Waals surface area contributed by atoms with Gasteiger partial charge in [-0.25, -0.2) is 0 Å². The van der Waals surface area contributed by atoms with E-state index in [0.717, 1.165) is 22.2 Å². The van der Waals surface area contributed by atoms with Gasteiger partial charge in [0.15, 0.2) is 0 Å². The zero-order valence-corrected chi connectivity index (χ0v) is 10.3. The lowest BCUT2D eigenvalue weighted by molar-refractivity contribution is 0.499. The summed E-state index contributed by atoms with van der Waals surface area (Å²) >= 11 is 4.99. The molecule has 0 radical (unpaired) electrons. The quantitative estimate of drug-likeness (QED) is 0.938. The predicted octanol–water partition coefficient (Wildman–Crippen LogP) is 2.45. The fourth-order valence-corrected chi connectivity index (χ4v) is 2.28. The molecular weight excluding hydrogens is 278 g/mol. The summed E-state index contributed by atoms with van der Waals surface area (Å²) in [5, 5.41) is 9.91. The van der Waals surface area contributed by atoms with Crippen LogP contribution in [0.15, 0.2) is 19.6 Å². The lowest BCUT2D eigenvalue weighted by Gasteiger charge is -1.90. The Morgan fingerprint density at radius 3 is 3.00 bits per heavy atom. The molecule has 0 saturated heterocycles. The number of aryl methyl sites for hydroxylation is 1. The molecule has 6 heteroatoms. The monoisotopic (exact) mass is 287 g/mol. The van der Waals surface area contributed by atoms with E-state index in [4.69, 9.17) is 10.2 Å². The van der Waals surface area contributed by atoms with E-state index in [1.165, 1.54) is 0 Å². The average molecular weight is 288 g/mol. The van der Waals surface area contributed by atoms with Gasteiger partial charge >= 0.3 is 0 Å². The Morgan fingerprint density at radius 2 is 2.33 bits per heavy atom. The number of hydrogen-bond donors (Lipinski definition) is 1. The molecule has 0 atom stereocenters. The summed E-state index contributed by atoms with van der Waals surface area (Å²) in [6.45, 7) is 0.641. The van der Waals surface area contributed by atoms with Gasteiger partial charge in [-0.05, 0) is 35.0 Å². The van der Waals surface area contributed by atoms with E-state index < -0.39 is 0 Å². The fraction of sp³-hybridized carbons (Fsp3) is 0.333. The Bertz CT molecular complexity index is 440. The summed E-state index contributed by atoms with van der Waals surface area (Å²) in [7, 11) is 0. The first-order valence-corrected chi connectivity index (χ1v) is 6.23. The number of rotatable bonds is 4. The van der Waals surface area contributed by atoms with Crippen LogP contribution in [0.2, 0.25) is 0 Å². The molecular formula is C9H10BrN3OS. The van der Waals surface area contributed by atoms with Crippen molar-refractivity contribution in [2.75, 3.05) is 6.54 Å². The molecule has 0 aromatic carbocycles. The standard InChI is InChI=1S/C9H10BrN3OS/c10-7-4-6(5-15-7)9-13-12-8(14-9)2-1-3-11/h4-5H,1-3,11H2. The SMILES string of the molecule is NCCCc1nnc(-c2csc(Br)c2)o1. The molecule has 0 unspecified atom stereocenters. The molecule has 0 aliphatic rings. The smallest absolute Gasteiger partial charge is 0.248 e. The van der Waals surface area contributed by atoms with Gasteiger partial charge in [0.25, 0.3) is 0 Å². The highest BCUT2D eigenvalue weighted by molar-refractivity contribution is 9.11. The molecule has 15 heavy (non-hydrogen) atoms. The zero-order valence-electron chi connectivity index (χ0n) is 7.94. The second kappa shape index (κ2) is 4.87. The highest BCUT2D eigenvalue weighted by Crippen LogP contribution is 2.28. The van der Waals surface area contributed by atoms with Crippen LogP contribution in [0.25, 0.3) is 11.5 Å². The lowest BCUT2D eigenvalue weighted by atomic mass is 10.3. The van der Waals surface area contributed by atoms with Gasteiger partial charge in [-0.15, -0.1) is 21.5 Å². The third kappa shape index (κ3) is 2.64. The summed E-state index contributed by atoms with van der Waals surface area (Å²) in [5.74, 6) is 1.22. The third-order valence-corrected chi connectivity index (χ3v) is 3.38. The molecule has 2 aromatic rings. The fourth-order valence-electron chi connectivity index (χ4n) is 1.15. The maximum atomic E-state index is 5.49. The molecule has 2 N–H and O–H groups in total. The van der Waals surface area contributed by atoms with Gasteiger partial charge in [-0.1, -0.05) is 0 Å². The maximum absolute atomic E-state index is 5.49. The van der Waals surface area contributed by atoms with E-state index in [-0.39, 0.29) is 0 Å². The van der Waals surface area contributed by atoms with E-state index in [9.17, 15) is 0 Å². The predicted molar refractivity (Wildman–Crippen MR) is 62.7 cm³/mol. The molecule has 0 spiro atoms. The molecule has 0 amide bonds. The first kappa shape index (κ1) is 10.8. The number of aromatic nitrogens is 2. The van der Waals surface area contributed by atoms with E-state index >= 15 is 0 Å². The zero-order chi connectivity index (χ0) is 10.7. The van der Waals surface area contributed by atoms with Crippen molar-refractivity contribution in [3.05, 3.63) is 21.1 Å². The van der Waals surface area contributed by atoms with Crippen LogP contribution in [0.3, 0.4) is 0 Å². The summed E-state index contributed by atoms with van der Waals surface area (Å²) in [5.41, 5.74) is 6.36. The molecule has 80 valence electrons. The minimum Gasteiger partial charge on any atom is -0.421 e. The van der Waals surface area contributed by atoms with Gasteiger partial charge in [0, 0.05) is 11.8 Å². The Balaban J connectivity index is 2.13. The molecule has 0 saturated carbocycles. The van der Waals surface area contributed by atoms with Crippen LogP contribution in [0.1, 0.15) is 12.3 Å². The normalized spacial score (nSPS) is 10.8. The molecule has 2 aromatic heterocycles. The maximum Gasteiger partial charge on any atom is 0.248 e. The van der Waals surface area contributed by atoms with Gasteiger partial charge in [-0.2, -0.15) is 0 Å². The van der Waals surface area contributed by atoms with Crippen molar-refractivity contribution in [3.63, 3.8) is 0 Å². The number of hydrogen-bond acceptors (Lipinski definition) is 5. The van der Waals surface area contributed by atoms with Crippen LogP contribution in [-0.2, 0) is 6.42 Å². The van der Waals surface area contributed by atoms with Crippen LogP contribution >= 0.6 is 27.3 Å². The van der Waals surface area contributed by atoms with Gasteiger partial charge in [0.2, 0.25) is 11.8 Å². The highest BCUT2D eigenvalue weighted by Gasteiger charge is 2.09. The molecule has 0 bridgehead atoms. The summed E-state index contributed by atoms with van der Waals surface area (Å²) in [4.78, 5) is 0. The Morgan fingerprint density at radius 1 is 1.47 bits per heavy atom. The van der Waals surface area contributed by atoms with Crippen molar-refractivity contribution in [3.8, 4) is 11.5 Å². The van der Waals surface area contributed by atoms with Crippen molar-refractivity contribution in [2.45, 2.75) is 12.8 Å². The van der Waals surface area contributed by atoms with Gasteiger partial charge < -0.3 is 10.2 Å². The molecule has 0 aliphatic carbocycles. The number of nitrogens with two attached hydrogens (primary N) is 1. The minimum atomic E-state index is 0.573. The molecule has 4 nitrogen and oxygen atoms in total. The van der Waals surface area contributed by atoms with Crippen molar-refractivity contribution < 1.29 is 4.42 Å². The van der Waals surface area contributed by atoms with Crippen LogP contribution in [0.4, 0.5) is 0 Å². The molecule has 2 rings (SSSR count). The lowest BCUT2D eigenvalue weighted by Crippen LogP contribution is -2.00. The first-order valence-electron chi connectivity index (χ1n) is 4.56. The second-order valence-electron chi connectivity index (χ2n) is 3.03. The average Bonchev–Trinajstić information content (AvgIpc) is 2.83. The topological polar surface area (TPSA) is 64.9 Å². The van der Waals surface area contributed by atoms with E-state index in [1.807, 2.05) is 11.4 Å². The number of nitrogens with zero attached hydrogens (tertiary/aromatic N) is 2. The number of thiophene rings is 1. The van der Waals surface area contributed by atoms with E-state index in [2.05, 4.69) is 26.1 Å². The Kier molecular flexibility index (Phi) is 3.50. The van der Waals surface area contributed by atoms with Gasteiger partial charge in [-0.3, -0.25) is 0 Å². The molecule has 0 fully saturated rings. The molecule has 2 heterocycles. The van der Waals surface area contributed by atoms with Crippen molar-refractivity contribution in [1.82, 2.24) is 10.2 Å². The largest absolute Gasteiger partial charge is 0.421 e.